The van der Waals surface area contributed by atoms with Gasteiger partial charge in [0.15, 0.2) is 5.13 Å². The highest BCUT2D eigenvalue weighted by Crippen LogP contribution is 2.36. The summed E-state index contributed by atoms with van der Waals surface area (Å²) in [6.45, 7) is 3.80. The Labute approximate surface area is 141 Å². The van der Waals surface area contributed by atoms with Crippen molar-refractivity contribution in [1.29, 1.82) is 0 Å². The highest BCUT2D eigenvalue weighted by Gasteiger charge is 2.26. The van der Waals surface area contributed by atoms with Gasteiger partial charge < -0.3 is 10.1 Å². The summed E-state index contributed by atoms with van der Waals surface area (Å²) in [7, 11) is 0. The van der Waals surface area contributed by atoms with Gasteiger partial charge in [0, 0.05) is 4.88 Å². The number of aryl methyl sites for hydroxylation is 2. The minimum atomic E-state index is -0.575. The molecule has 8 nitrogen and oxygen atoms in total. The Kier molecular flexibility index (Phi) is 4.34. The van der Waals surface area contributed by atoms with Crippen LogP contribution in [-0.4, -0.2) is 19.9 Å². The van der Waals surface area contributed by atoms with E-state index >= 15 is 0 Å². The second kappa shape index (κ2) is 6.59. The molecule has 0 saturated heterocycles. The molecule has 2 aromatic heterocycles. The normalized spacial score (nSPS) is 10.4. The van der Waals surface area contributed by atoms with E-state index < -0.39 is 4.92 Å². The Hall–Kier alpha value is -3.07. The molecule has 9 heteroatoms. The third-order valence-electron chi connectivity index (χ3n) is 3.18. The number of para-hydroxylation sites is 1. The minimum Gasteiger partial charge on any atom is -0.434 e. The summed E-state index contributed by atoms with van der Waals surface area (Å²) in [5.41, 5.74) is 0.520. The summed E-state index contributed by atoms with van der Waals surface area (Å²) in [6.07, 6.45) is 1.21. The van der Waals surface area contributed by atoms with Gasteiger partial charge in [0.2, 0.25) is 5.82 Å². The number of hydrogen-bond donors (Lipinski definition) is 1. The van der Waals surface area contributed by atoms with E-state index in [2.05, 4.69) is 20.3 Å². The van der Waals surface area contributed by atoms with E-state index in [1.807, 2.05) is 19.9 Å². The van der Waals surface area contributed by atoms with Crippen LogP contribution >= 0.6 is 11.3 Å². The summed E-state index contributed by atoms with van der Waals surface area (Å²) in [5.74, 6) is 0.356. The van der Waals surface area contributed by atoms with E-state index in [0.717, 1.165) is 10.6 Å². The van der Waals surface area contributed by atoms with E-state index in [0.29, 0.717) is 10.9 Å². The van der Waals surface area contributed by atoms with E-state index in [4.69, 9.17) is 4.74 Å². The summed E-state index contributed by atoms with van der Waals surface area (Å²) < 4.78 is 5.53. The first kappa shape index (κ1) is 15.8. The Balaban J connectivity index is 1.97. The number of nitrogens with zero attached hydrogens (tertiary/aromatic N) is 4. The molecule has 0 unspecified atom stereocenters. The lowest BCUT2D eigenvalue weighted by Gasteiger charge is -2.07. The van der Waals surface area contributed by atoms with E-state index in [9.17, 15) is 10.1 Å². The molecule has 1 aromatic carbocycles. The largest absolute Gasteiger partial charge is 0.434 e. The Morgan fingerprint density at radius 2 is 1.96 bits per heavy atom. The standard InChI is InChI=1S/C15H13N5O3S/c1-9-10(2)24-15(18-9)19-13-12(20(21)22)14(17-8-16-13)23-11-6-4-3-5-7-11/h3-8H,1-2H3,(H,16,17,18,19). The van der Waals surface area contributed by atoms with E-state index in [1.165, 1.54) is 17.7 Å². The zero-order valence-corrected chi connectivity index (χ0v) is 13.7. The number of hydrogen-bond acceptors (Lipinski definition) is 8. The predicted octanol–water partition coefficient (Wildman–Crippen LogP) is 3.99. The van der Waals surface area contributed by atoms with Crippen molar-refractivity contribution in [2.75, 3.05) is 5.32 Å². The smallest absolute Gasteiger partial charge is 0.373 e. The molecule has 0 spiro atoms. The van der Waals surface area contributed by atoms with Gasteiger partial charge in [0.05, 0.1) is 10.6 Å². The number of nitro groups is 1. The predicted molar refractivity (Wildman–Crippen MR) is 90.1 cm³/mol. The maximum atomic E-state index is 11.5. The van der Waals surface area contributed by atoms with Crippen molar-refractivity contribution in [3.63, 3.8) is 0 Å². The van der Waals surface area contributed by atoms with Crippen molar-refractivity contribution in [3.05, 3.63) is 57.3 Å². The van der Waals surface area contributed by atoms with E-state index in [-0.39, 0.29) is 17.4 Å². The SMILES string of the molecule is Cc1nc(Nc2ncnc(Oc3ccccc3)c2[N+](=O)[O-])sc1C. The molecule has 122 valence electrons. The van der Waals surface area contributed by atoms with Crippen LogP contribution in [-0.2, 0) is 0 Å². The van der Waals surface area contributed by atoms with Crippen molar-refractivity contribution in [2.45, 2.75) is 13.8 Å². The molecule has 3 rings (SSSR count). The molecule has 0 bridgehead atoms. The molecule has 3 aromatic rings. The summed E-state index contributed by atoms with van der Waals surface area (Å²) >= 11 is 1.39. The van der Waals surface area contributed by atoms with Crippen LogP contribution in [0.5, 0.6) is 11.6 Å². The molecular formula is C15H13N5O3S. The third-order valence-corrected chi connectivity index (χ3v) is 4.17. The quantitative estimate of drug-likeness (QED) is 0.551. The zero-order valence-electron chi connectivity index (χ0n) is 12.9. The molecule has 0 fully saturated rings. The van der Waals surface area contributed by atoms with Gasteiger partial charge in [-0.1, -0.05) is 18.2 Å². The zero-order chi connectivity index (χ0) is 17.1. The Bertz CT molecular complexity index is 863. The number of thiazole rings is 1. The highest BCUT2D eigenvalue weighted by molar-refractivity contribution is 7.15. The second-order valence-corrected chi connectivity index (χ2v) is 6.04. The number of nitrogens with one attached hydrogen (secondary N) is 1. The first-order valence-corrected chi connectivity index (χ1v) is 7.79. The van der Waals surface area contributed by atoms with Crippen LogP contribution in [0, 0.1) is 24.0 Å². The lowest BCUT2D eigenvalue weighted by molar-refractivity contribution is -0.385. The lowest BCUT2D eigenvalue weighted by atomic mass is 10.3. The van der Waals surface area contributed by atoms with Crippen molar-refractivity contribution in [1.82, 2.24) is 15.0 Å². The molecule has 2 heterocycles. The van der Waals surface area contributed by atoms with Gasteiger partial charge in [-0.15, -0.1) is 11.3 Å². The van der Waals surface area contributed by atoms with Crippen molar-refractivity contribution < 1.29 is 9.66 Å². The summed E-state index contributed by atoms with van der Waals surface area (Å²) in [4.78, 5) is 24.1. The molecule has 0 atom stereocenters. The monoisotopic (exact) mass is 343 g/mol. The van der Waals surface area contributed by atoms with E-state index in [1.54, 1.807) is 24.3 Å². The molecule has 0 aliphatic carbocycles. The molecule has 0 aliphatic rings. The van der Waals surface area contributed by atoms with Crippen molar-refractivity contribution in [3.8, 4) is 11.6 Å². The molecule has 1 N–H and O–H groups in total. The minimum absolute atomic E-state index is 0.0367. The number of benzene rings is 1. The summed E-state index contributed by atoms with van der Waals surface area (Å²) in [6, 6.07) is 8.73. The molecule has 0 amide bonds. The van der Waals surface area contributed by atoms with Crippen LogP contribution in [0.1, 0.15) is 10.6 Å². The average molecular weight is 343 g/mol. The first-order chi connectivity index (χ1) is 11.5. The first-order valence-electron chi connectivity index (χ1n) is 6.98. The average Bonchev–Trinajstić information content (AvgIpc) is 2.86. The molecule has 24 heavy (non-hydrogen) atoms. The molecular weight excluding hydrogens is 330 g/mol. The Morgan fingerprint density at radius 3 is 2.58 bits per heavy atom. The fourth-order valence-electron chi connectivity index (χ4n) is 1.92. The van der Waals surface area contributed by atoms with Crippen LogP contribution in [0.15, 0.2) is 36.7 Å². The van der Waals surface area contributed by atoms with Crippen LogP contribution in [0.2, 0.25) is 0 Å². The van der Waals surface area contributed by atoms with Gasteiger partial charge in [-0.25, -0.2) is 9.97 Å². The van der Waals surface area contributed by atoms with Crippen LogP contribution in [0.3, 0.4) is 0 Å². The lowest BCUT2D eigenvalue weighted by Crippen LogP contribution is -2.03. The molecule has 0 saturated carbocycles. The van der Waals surface area contributed by atoms with Gasteiger partial charge in [-0.05, 0) is 26.0 Å². The fourth-order valence-corrected chi connectivity index (χ4v) is 2.73. The Morgan fingerprint density at radius 1 is 1.21 bits per heavy atom. The number of aromatic nitrogens is 3. The molecule has 0 radical (unpaired) electrons. The number of ether oxygens (including phenoxy) is 1. The molecule has 0 aliphatic heterocycles. The van der Waals surface area contributed by atoms with Gasteiger partial charge >= 0.3 is 11.6 Å². The third kappa shape index (κ3) is 3.30. The van der Waals surface area contributed by atoms with Gasteiger partial charge in [0.25, 0.3) is 0 Å². The number of rotatable bonds is 5. The van der Waals surface area contributed by atoms with Gasteiger partial charge in [0.1, 0.15) is 12.1 Å². The summed E-state index contributed by atoms with van der Waals surface area (Å²) in [5, 5.41) is 14.9. The van der Waals surface area contributed by atoms with Crippen molar-refractivity contribution >= 4 is 28.0 Å². The number of anilines is 2. The fraction of sp³-hybridized carbons (Fsp3) is 0.133. The topological polar surface area (TPSA) is 103 Å². The second-order valence-electron chi connectivity index (χ2n) is 4.83. The van der Waals surface area contributed by atoms with Crippen LogP contribution < -0.4 is 10.1 Å². The maximum Gasteiger partial charge on any atom is 0.373 e. The maximum absolute atomic E-state index is 11.5. The van der Waals surface area contributed by atoms with Crippen LogP contribution in [0.4, 0.5) is 16.6 Å². The van der Waals surface area contributed by atoms with Gasteiger partial charge in [-0.3, -0.25) is 10.1 Å². The van der Waals surface area contributed by atoms with Gasteiger partial charge in [-0.2, -0.15) is 4.98 Å². The van der Waals surface area contributed by atoms with Crippen molar-refractivity contribution in [2.24, 2.45) is 0 Å². The van der Waals surface area contributed by atoms with Crippen LogP contribution in [0.25, 0.3) is 0 Å². The highest BCUT2D eigenvalue weighted by atomic mass is 32.1.